The van der Waals surface area contributed by atoms with Crippen molar-refractivity contribution in [1.29, 1.82) is 0 Å². The lowest BCUT2D eigenvalue weighted by atomic mass is 10.2. The Labute approximate surface area is 164 Å². The number of rotatable bonds is 7. The first-order chi connectivity index (χ1) is 13.4. The van der Waals surface area contributed by atoms with Crippen molar-refractivity contribution in [3.05, 3.63) is 60.9 Å². The normalized spacial score (nSPS) is 11.1. The summed E-state index contributed by atoms with van der Waals surface area (Å²) in [5.41, 5.74) is 2.61. The summed E-state index contributed by atoms with van der Waals surface area (Å²) in [6.45, 7) is 0. The Morgan fingerprint density at radius 1 is 0.857 bits per heavy atom. The van der Waals surface area contributed by atoms with Crippen LogP contribution in [-0.2, 0) is 10.0 Å². The van der Waals surface area contributed by atoms with Gasteiger partial charge >= 0.3 is 0 Å². The van der Waals surface area contributed by atoms with Crippen LogP contribution in [0.1, 0.15) is 0 Å². The van der Waals surface area contributed by atoms with Gasteiger partial charge in [0.1, 0.15) is 18.0 Å². The predicted octanol–water partition coefficient (Wildman–Crippen LogP) is 2.94. The molecule has 0 fully saturated rings. The highest BCUT2D eigenvalue weighted by Gasteiger charge is 2.11. The maximum Gasteiger partial charge on any atom is 0.240 e. The van der Waals surface area contributed by atoms with Crippen molar-refractivity contribution in [2.24, 2.45) is 0 Å². The lowest BCUT2D eigenvalue weighted by Crippen LogP contribution is -2.18. The number of anilines is 5. The maximum atomic E-state index is 12.0. The minimum Gasteiger partial charge on any atom is -0.378 e. The van der Waals surface area contributed by atoms with Crippen LogP contribution in [0, 0.1) is 0 Å². The van der Waals surface area contributed by atoms with E-state index in [-0.39, 0.29) is 4.90 Å². The third kappa shape index (κ3) is 4.76. The quantitative estimate of drug-likeness (QED) is 0.563. The second-order valence-electron chi connectivity index (χ2n) is 6.22. The molecule has 0 aliphatic carbocycles. The lowest BCUT2D eigenvalue weighted by molar-refractivity contribution is 0.588. The molecule has 0 bridgehead atoms. The van der Waals surface area contributed by atoms with Crippen molar-refractivity contribution in [3.63, 3.8) is 0 Å². The molecule has 3 N–H and O–H groups in total. The molecule has 0 aliphatic heterocycles. The SMILES string of the molecule is CNS(=O)(=O)c1cccc(Nc2cc(Nc3ccc(N(C)C)cc3)ncn2)c1. The minimum absolute atomic E-state index is 0.174. The fourth-order valence-electron chi connectivity index (χ4n) is 2.49. The fourth-order valence-corrected chi connectivity index (χ4v) is 3.27. The Morgan fingerprint density at radius 2 is 1.50 bits per heavy atom. The van der Waals surface area contributed by atoms with Gasteiger partial charge in [-0.1, -0.05) is 6.07 Å². The first-order valence-corrected chi connectivity index (χ1v) is 10.0. The van der Waals surface area contributed by atoms with E-state index in [0.29, 0.717) is 17.3 Å². The summed E-state index contributed by atoms with van der Waals surface area (Å²) in [5.74, 6) is 1.16. The molecule has 8 nitrogen and oxygen atoms in total. The van der Waals surface area contributed by atoms with E-state index in [1.54, 1.807) is 24.3 Å². The average Bonchev–Trinajstić information content (AvgIpc) is 2.69. The largest absolute Gasteiger partial charge is 0.378 e. The molecule has 0 aliphatic rings. The molecule has 146 valence electrons. The molecular formula is C19H22N6O2S. The van der Waals surface area contributed by atoms with Crippen molar-refractivity contribution >= 4 is 38.7 Å². The Morgan fingerprint density at radius 3 is 2.11 bits per heavy atom. The first kappa shape index (κ1) is 19.6. The van der Waals surface area contributed by atoms with Crippen LogP contribution in [0.3, 0.4) is 0 Å². The predicted molar refractivity (Wildman–Crippen MR) is 112 cm³/mol. The van der Waals surface area contributed by atoms with E-state index < -0.39 is 10.0 Å². The second kappa shape index (κ2) is 8.24. The molecule has 0 saturated carbocycles. The monoisotopic (exact) mass is 398 g/mol. The Balaban J connectivity index is 1.76. The summed E-state index contributed by atoms with van der Waals surface area (Å²) in [4.78, 5) is 10.6. The molecular weight excluding hydrogens is 376 g/mol. The molecule has 1 heterocycles. The fraction of sp³-hybridized carbons (Fsp3) is 0.158. The number of nitrogens with one attached hydrogen (secondary N) is 3. The number of hydrogen-bond acceptors (Lipinski definition) is 7. The summed E-state index contributed by atoms with van der Waals surface area (Å²) in [7, 11) is 1.84. The van der Waals surface area contributed by atoms with E-state index in [1.165, 1.54) is 19.4 Å². The van der Waals surface area contributed by atoms with Gasteiger partial charge in [0.15, 0.2) is 0 Å². The summed E-state index contributed by atoms with van der Waals surface area (Å²) in [6.07, 6.45) is 1.44. The Hall–Kier alpha value is -3.17. The maximum absolute atomic E-state index is 12.0. The van der Waals surface area contributed by atoms with E-state index >= 15 is 0 Å². The number of sulfonamides is 1. The van der Waals surface area contributed by atoms with Crippen molar-refractivity contribution in [2.45, 2.75) is 4.90 Å². The van der Waals surface area contributed by atoms with Gasteiger partial charge in [0.05, 0.1) is 4.90 Å². The van der Waals surface area contributed by atoms with Crippen LogP contribution in [0.5, 0.6) is 0 Å². The van der Waals surface area contributed by atoms with Crippen LogP contribution >= 0.6 is 0 Å². The van der Waals surface area contributed by atoms with Gasteiger partial charge in [0, 0.05) is 37.2 Å². The van der Waals surface area contributed by atoms with E-state index in [1.807, 2.05) is 43.3 Å². The highest BCUT2D eigenvalue weighted by atomic mass is 32.2. The third-order valence-corrected chi connectivity index (χ3v) is 5.42. The standard InChI is InChI=1S/C19H22N6O2S/c1-20-28(26,27)17-6-4-5-15(11-17)24-19-12-18(21-13-22-19)23-14-7-9-16(10-8-14)25(2)3/h4-13,20H,1-3H3,(H2,21,22,23,24). The number of nitrogens with zero attached hydrogens (tertiary/aromatic N) is 3. The topological polar surface area (TPSA) is 99.2 Å². The van der Waals surface area contributed by atoms with Gasteiger partial charge in [-0.15, -0.1) is 0 Å². The van der Waals surface area contributed by atoms with Gasteiger partial charge in [-0.25, -0.2) is 23.1 Å². The van der Waals surface area contributed by atoms with Crippen LogP contribution in [0.25, 0.3) is 0 Å². The van der Waals surface area contributed by atoms with Crippen LogP contribution in [-0.4, -0.2) is 39.5 Å². The Kier molecular flexibility index (Phi) is 5.76. The summed E-state index contributed by atoms with van der Waals surface area (Å²) in [6, 6.07) is 16.2. The van der Waals surface area contributed by atoms with Crippen LogP contribution in [0.4, 0.5) is 28.7 Å². The van der Waals surface area contributed by atoms with Gasteiger partial charge < -0.3 is 15.5 Å². The summed E-state index contributed by atoms with van der Waals surface area (Å²) >= 11 is 0. The van der Waals surface area contributed by atoms with E-state index in [4.69, 9.17) is 0 Å². The molecule has 28 heavy (non-hydrogen) atoms. The van der Waals surface area contributed by atoms with Crippen LogP contribution in [0.2, 0.25) is 0 Å². The lowest BCUT2D eigenvalue weighted by Gasteiger charge is -2.13. The van der Waals surface area contributed by atoms with E-state index in [9.17, 15) is 8.42 Å². The molecule has 0 saturated heterocycles. The van der Waals surface area contributed by atoms with Gasteiger partial charge in [-0.2, -0.15) is 0 Å². The van der Waals surface area contributed by atoms with Gasteiger partial charge in [0.2, 0.25) is 10.0 Å². The van der Waals surface area contributed by atoms with Crippen molar-refractivity contribution in [2.75, 3.05) is 36.7 Å². The third-order valence-electron chi connectivity index (χ3n) is 4.01. The molecule has 3 rings (SSSR count). The second-order valence-corrected chi connectivity index (χ2v) is 8.10. The smallest absolute Gasteiger partial charge is 0.240 e. The van der Waals surface area contributed by atoms with E-state index in [2.05, 4.69) is 25.3 Å². The average molecular weight is 398 g/mol. The van der Waals surface area contributed by atoms with Crippen molar-refractivity contribution in [1.82, 2.24) is 14.7 Å². The zero-order valence-electron chi connectivity index (χ0n) is 15.8. The molecule has 0 radical (unpaired) electrons. The first-order valence-electron chi connectivity index (χ1n) is 8.54. The Bertz CT molecular complexity index is 1050. The molecule has 0 unspecified atom stereocenters. The molecule has 0 amide bonds. The molecule has 0 spiro atoms. The number of benzene rings is 2. The van der Waals surface area contributed by atoms with Gasteiger partial charge in [-0.3, -0.25) is 0 Å². The molecule has 9 heteroatoms. The van der Waals surface area contributed by atoms with Gasteiger partial charge in [0.25, 0.3) is 0 Å². The zero-order chi connectivity index (χ0) is 20.1. The molecule has 0 atom stereocenters. The molecule has 1 aromatic heterocycles. The summed E-state index contributed by atoms with van der Waals surface area (Å²) in [5, 5.41) is 6.33. The summed E-state index contributed by atoms with van der Waals surface area (Å²) < 4.78 is 26.2. The van der Waals surface area contributed by atoms with Crippen LogP contribution < -0.4 is 20.3 Å². The highest BCUT2D eigenvalue weighted by Crippen LogP contribution is 2.22. The van der Waals surface area contributed by atoms with Crippen molar-refractivity contribution in [3.8, 4) is 0 Å². The van der Waals surface area contributed by atoms with Gasteiger partial charge in [-0.05, 0) is 49.5 Å². The molecule has 2 aromatic carbocycles. The van der Waals surface area contributed by atoms with Crippen LogP contribution in [0.15, 0.2) is 65.8 Å². The molecule has 3 aromatic rings. The zero-order valence-corrected chi connectivity index (χ0v) is 16.7. The minimum atomic E-state index is -3.51. The highest BCUT2D eigenvalue weighted by molar-refractivity contribution is 7.89. The number of aromatic nitrogens is 2. The van der Waals surface area contributed by atoms with E-state index in [0.717, 1.165) is 11.4 Å². The van der Waals surface area contributed by atoms with Crippen molar-refractivity contribution < 1.29 is 8.42 Å². The number of hydrogen-bond donors (Lipinski definition) is 3.